The van der Waals surface area contributed by atoms with Crippen molar-refractivity contribution < 1.29 is 4.79 Å². The van der Waals surface area contributed by atoms with Crippen LogP contribution in [0.1, 0.15) is 49.4 Å². The maximum atomic E-state index is 11.4. The Hall–Kier alpha value is -1.62. The molecule has 21 heavy (non-hydrogen) atoms. The highest BCUT2D eigenvalue weighted by molar-refractivity contribution is 5.98. The number of nitrogens with two attached hydrogens (primary N) is 1. The third kappa shape index (κ3) is 4.43. The Morgan fingerprint density at radius 2 is 2.38 bits per heavy atom. The van der Waals surface area contributed by atoms with E-state index in [0.717, 1.165) is 12.2 Å². The number of carbonyl (C=O) groups excluding carboxylic acids is 1. The lowest BCUT2D eigenvalue weighted by atomic mass is 10.0. The Balaban J connectivity index is 1.95. The van der Waals surface area contributed by atoms with E-state index in [2.05, 4.69) is 22.1 Å². The van der Waals surface area contributed by atoms with Gasteiger partial charge in [-0.1, -0.05) is 19.8 Å². The van der Waals surface area contributed by atoms with E-state index in [0.29, 0.717) is 11.6 Å². The fraction of sp³-hybridized carbons (Fsp3) is 0.625. The van der Waals surface area contributed by atoms with E-state index in [1.54, 1.807) is 6.20 Å². The summed E-state index contributed by atoms with van der Waals surface area (Å²) in [5.74, 6) is -0.433. The first kappa shape index (κ1) is 15.8. The summed E-state index contributed by atoms with van der Waals surface area (Å²) in [4.78, 5) is 18.0. The number of rotatable bonds is 7. The Bertz CT molecular complexity index is 463. The molecule has 0 aromatic carbocycles. The summed E-state index contributed by atoms with van der Waals surface area (Å²) in [5.41, 5.74) is 6.64. The molecule has 1 aliphatic heterocycles. The second-order valence-electron chi connectivity index (χ2n) is 5.71. The highest BCUT2D eigenvalue weighted by Crippen LogP contribution is 2.19. The Morgan fingerprint density at radius 1 is 1.52 bits per heavy atom. The van der Waals surface area contributed by atoms with Crippen LogP contribution in [0.2, 0.25) is 0 Å². The summed E-state index contributed by atoms with van der Waals surface area (Å²) >= 11 is 0. The van der Waals surface area contributed by atoms with E-state index in [4.69, 9.17) is 5.73 Å². The number of primary amides is 1. The van der Waals surface area contributed by atoms with E-state index in [1.165, 1.54) is 51.4 Å². The smallest absolute Gasteiger partial charge is 0.252 e. The number of carbonyl (C=O) groups is 1. The summed E-state index contributed by atoms with van der Waals surface area (Å²) in [6, 6.07) is 2.36. The molecule has 0 saturated carbocycles. The lowest BCUT2D eigenvalue weighted by Crippen LogP contribution is -2.44. The number of likely N-dealkylation sites (tertiary alicyclic amines) is 1. The van der Waals surface area contributed by atoms with Gasteiger partial charge in [-0.2, -0.15) is 0 Å². The number of anilines is 1. The molecule has 3 N–H and O–H groups in total. The lowest BCUT2D eigenvalue weighted by Gasteiger charge is -2.36. The normalized spacial score (nSPS) is 19.4. The monoisotopic (exact) mass is 290 g/mol. The number of nitrogens with zero attached hydrogens (tertiary/aromatic N) is 2. The molecule has 5 nitrogen and oxygen atoms in total. The van der Waals surface area contributed by atoms with E-state index in [-0.39, 0.29) is 0 Å². The van der Waals surface area contributed by atoms with Crippen LogP contribution >= 0.6 is 0 Å². The van der Waals surface area contributed by atoms with Crippen molar-refractivity contribution >= 4 is 11.6 Å². The zero-order valence-corrected chi connectivity index (χ0v) is 12.8. The average Bonchev–Trinajstić information content (AvgIpc) is 2.52. The van der Waals surface area contributed by atoms with Crippen molar-refractivity contribution in [3.63, 3.8) is 0 Å². The second-order valence-corrected chi connectivity index (χ2v) is 5.71. The molecule has 0 spiro atoms. The third-order valence-corrected chi connectivity index (χ3v) is 4.16. The number of amides is 1. The van der Waals surface area contributed by atoms with Crippen LogP contribution in [0.5, 0.6) is 0 Å². The third-order valence-electron chi connectivity index (χ3n) is 4.16. The van der Waals surface area contributed by atoms with Gasteiger partial charge in [-0.25, -0.2) is 0 Å². The maximum Gasteiger partial charge on any atom is 0.252 e. The molecule has 1 amide bonds. The SMILES string of the molecule is CCCCN1CCCCC1CNc1ccncc1C(N)=O. The van der Waals surface area contributed by atoms with Gasteiger partial charge in [-0.15, -0.1) is 0 Å². The second kappa shape index (κ2) is 7.98. The van der Waals surface area contributed by atoms with Gasteiger partial charge in [0, 0.05) is 25.0 Å². The summed E-state index contributed by atoms with van der Waals surface area (Å²) < 4.78 is 0. The standard InChI is InChI=1S/C16H26N4O/c1-2-3-9-20-10-5-4-6-13(20)11-19-15-7-8-18-12-14(15)16(17)21/h7-8,12-13H,2-6,9-11H2,1H3,(H2,17,21)(H,18,19). The molecular formula is C16H26N4O. The molecule has 1 unspecified atom stereocenters. The molecule has 1 atom stereocenters. The van der Waals surface area contributed by atoms with Gasteiger partial charge < -0.3 is 11.1 Å². The van der Waals surface area contributed by atoms with E-state index in [9.17, 15) is 4.79 Å². The van der Waals surface area contributed by atoms with Crippen molar-refractivity contribution in [1.29, 1.82) is 0 Å². The zero-order valence-electron chi connectivity index (χ0n) is 12.8. The quantitative estimate of drug-likeness (QED) is 0.808. The van der Waals surface area contributed by atoms with Crippen molar-refractivity contribution in [3.05, 3.63) is 24.0 Å². The predicted molar refractivity (Wildman–Crippen MR) is 85.4 cm³/mol. The van der Waals surface area contributed by atoms with Gasteiger partial charge in [0.15, 0.2) is 0 Å². The zero-order chi connectivity index (χ0) is 15.1. The topological polar surface area (TPSA) is 71.2 Å². The van der Waals surface area contributed by atoms with Crippen LogP contribution in [0.25, 0.3) is 0 Å². The number of hydrogen-bond donors (Lipinski definition) is 2. The van der Waals surface area contributed by atoms with Gasteiger partial charge in [0.05, 0.1) is 11.3 Å². The van der Waals surface area contributed by atoms with Crippen LogP contribution in [-0.4, -0.2) is 41.5 Å². The van der Waals surface area contributed by atoms with Crippen molar-refractivity contribution in [2.24, 2.45) is 5.73 Å². The van der Waals surface area contributed by atoms with E-state index < -0.39 is 5.91 Å². The number of unbranched alkanes of at least 4 members (excludes halogenated alkanes) is 1. The minimum Gasteiger partial charge on any atom is -0.383 e. The fourth-order valence-electron chi connectivity index (χ4n) is 2.92. The molecule has 1 fully saturated rings. The molecule has 2 heterocycles. The summed E-state index contributed by atoms with van der Waals surface area (Å²) in [5, 5.41) is 3.39. The Morgan fingerprint density at radius 3 is 3.14 bits per heavy atom. The molecule has 5 heteroatoms. The van der Waals surface area contributed by atoms with Crippen LogP contribution in [0.15, 0.2) is 18.5 Å². The molecule has 1 saturated heterocycles. The predicted octanol–water partition coefficient (Wildman–Crippen LogP) is 2.25. The fourth-order valence-corrected chi connectivity index (χ4v) is 2.92. The molecule has 1 aromatic rings. The average molecular weight is 290 g/mol. The van der Waals surface area contributed by atoms with E-state index >= 15 is 0 Å². The minimum absolute atomic E-state index is 0.433. The molecule has 1 aliphatic rings. The van der Waals surface area contributed by atoms with Crippen molar-refractivity contribution in [1.82, 2.24) is 9.88 Å². The molecule has 0 aliphatic carbocycles. The summed E-state index contributed by atoms with van der Waals surface area (Å²) in [6.07, 6.45) is 9.49. The number of piperidine rings is 1. The molecule has 0 radical (unpaired) electrons. The van der Waals surface area contributed by atoms with Crippen molar-refractivity contribution in [2.45, 2.75) is 45.1 Å². The summed E-state index contributed by atoms with van der Waals surface area (Å²) in [7, 11) is 0. The first-order valence-electron chi connectivity index (χ1n) is 7.94. The maximum absolute atomic E-state index is 11.4. The van der Waals surface area contributed by atoms with Crippen LogP contribution < -0.4 is 11.1 Å². The van der Waals surface area contributed by atoms with Crippen LogP contribution in [-0.2, 0) is 0 Å². The first-order chi connectivity index (χ1) is 10.2. The van der Waals surface area contributed by atoms with Gasteiger partial charge in [0.25, 0.3) is 5.91 Å². The van der Waals surface area contributed by atoms with Crippen molar-refractivity contribution in [3.8, 4) is 0 Å². The largest absolute Gasteiger partial charge is 0.383 e. The Kier molecular flexibility index (Phi) is 5.99. The minimum atomic E-state index is -0.433. The Labute approximate surface area is 126 Å². The van der Waals surface area contributed by atoms with E-state index in [1.807, 2.05) is 6.07 Å². The highest BCUT2D eigenvalue weighted by Gasteiger charge is 2.21. The van der Waals surface area contributed by atoms with Crippen molar-refractivity contribution in [2.75, 3.05) is 25.0 Å². The van der Waals surface area contributed by atoms with Crippen LogP contribution in [0.3, 0.4) is 0 Å². The van der Waals surface area contributed by atoms with Gasteiger partial charge in [0.2, 0.25) is 0 Å². The van der Waals surface area contributed by atoms with Gasteiger partial charge in [-0.05, 0) is 38.4 Å². The number of pyridine rings is 1. The number of hydrogen-bond acceptors (Lipinski definition) is 4. The first-order valence-corrected chi connectivity index (χ1v) is 7.94. The van der Waals surface area contributed by atoms with Gasteiger partial charge >= 0.3 is 0 Å². The summed E-state index contributed by atoms with van der Waals surface area (Å²) in [6.45, 7) is 5.44. The molecule has 1 aromatic heterocycles. The number of aromatic nitrogens is 1. The van der Waals surface area contributed by atoms with Crippen LogP contribution in [0.4, 0.5) is 5.69 Å². The van der Waals surface area contributed by atoms with Crippen LogP contribution in [0, 0.1) is 0 Å². The van der Waals surface area contributed by atoms with Gasteiger partial charge in [-0.3, -0.25) is 14.7 Å². The molecule has 0 bridgehead atoms. The highest BCUT2D eigenvalue weighted by atomic mass is 16.1. The molecule has 116 valence electrons. The molecular weight excluding hydrogens is 264 g/mol. The molecule has 2 rings (SSSR count). The number of nitrogens with one attached hydrogen (secondary N) is 1. The lowest BCUT2D eigenvalue weighted by molar-refractivity contribution is 0.100. The van der Waals surface area contributed by atoms with Gasteiger partial charge in [0.1, 0.15) is 0 Å².